The van der Waals surface area contributed by atoms with Crippen LogP contribution in [0.25, 0.3) is 0 Å². The van der Waals surface area contributed by atoms with Crippen LogP contribution in [0, 0.1) is 10.1 Å². The van der Waals surface area contributed by atoms with Gasteiger partial charge in [-0.1, -0.05) is 20.8 Å². The molecule has 5 nitrogen and oxygen atoms in total. The van der Waals surface area contributed by atoms with Gasteiger partial charge in [0.15, 0.2) is 0 Å². The molecule has 0 unspecified atom stereocenters. The Kier molecular flexibility index (Phi) is 9.34. The molecule has 1 rings (SSSR count). The number of hydrogen-bond donors (Lipinski definition) is 1. The van der Waals surface area contributed by atoms with Crippen molar-refractivity contribution in [3.8, 4) is 5.75 Å². The molecular weight excluding hydrogens is 394 g/mol. The van der Waals surface area contributed by atoms with Gasteiger partial charge in [0.25, 0.3) is 5.69 Å². The van der Waals surface area contributed by atoms with Gasteiger partial charge in [-0.25, -0.2) is 0 Å². The maximum atomic E-state index is 10.9. The van der Waals surface area contributed by atoms with Crippen molar-refractivity contribution in [2.75, 3.05) is 7.05 Å². The van der Waals surface area contributed by atoms with Gasteiger partial charge < -0.3 is 5.11 Å². The molecule has 0 radical (unpaired) electrons. The van der Waals surface area contributed by atoms with E-state index in [4.69, 9.17) is 17.0 Å². The number of hydrogen-bond acceptors (Lipinski definition) is 4. The van der Waals surface area contributed by atoms with E-state index in [0.29, 0.717) is 11.1 Å². The van der Waals surface area contributed by atoms with Gasteiger partial charge in [0.05, 0.1) is 4.92 Å². The van der Waals surface area contributed by atoms with E-state index >= 15 is 0 Å². The Balaban J connectivity index is 0.00000122. The molecule has 1 aromatic rings. The van der Waals surface area contributed by atoms with Crippen molar-refractivity contribution >= 4 is 28.9 Å². The summed E-state index contributed by atoms with van der Waals surface area (Å²) >= 11 is -0.826. The van der Waals surface area contributed by atoms with Gasteiger partial charge >= 0.3 is 37.9 Å². The third kappa shape index (κ3) is 6.05. The zero-order chi connectivity index (χ0) is 16.6. The number of phenols is 1. The topological polar surface area (TPSA) is 75.7 Å². The molecule has 0 aliphatic carbocycles. The third-order valence-electron chi connectivity index (χ3n) is 3.22. The van der Waals surface area contributed by atoms with Crippen molar-refractivity contribution < 1.29 is 30.9 Å². The first-order valence-electron chi connectivity index (χ1n) is 6.15. The Hall–Kier alpha value is -0.447. The number of nitro benzene ring substituents is 1. The molecule has 0 heterocycles. The Morgan fingerprint density at radius 1 is 1.48 bits per heavy atom. The van der Waals surface area contributed by atoms with Crippen LogP contribution in [0.5, 0.6) is 5.75 Å². The molecule has 8 heteroatoms. The number of aromatic hydroxyl groups is 1. The number of phenolic OH excluding ortho intramolecular Hbond substituents is 1. The zero-order valence-corrected chi connectivity index (χ0v) is 16.3. The van der Waals surface area contributed by atoms with Crippen LogP contribution in [-0.2, 0) is 26.3 Å². The van der Waals surface area contributed by atoms with E-state index in [1.165, 1.54) is 18.3 Å². The van der Waals surface area contributed by atoms with Gasteiger partial charge in [0.1, 0.15) is 5.75 Å². The normalized spacial score (nSPS) is 11.0. The van der Waals surface area contributed by atoms with E-state index in [2.05, 4.69) is 4.99 Å². The summed E-state index contributed by atoms with van der Waals surface area (Å²) in [7, 11) is 11.4. The first-order chi connectivity index (χ1) is 9.74. The minimum absolute atomic E-state index is 0.0285. The minimum atomic E-state index is -0.826. The number of rotatable bonds is 4. The predicted molar refractivity (Wildman–Crippen MR) is 83.3 cm³/mol. The first kappa shape index (κ1) is 20.6. The Morgan fingerprint density at radius 2 is 2.00 bits per heavy atom. The van der Waals surface area contributed by atoms with Crippen LogP contribution < -0.4 is 0 Å². The molecule has 116 valence electrons. The molecule has 0 amide bonds. The van der Waals surface area contributed by atoms with Gasteiger partial charge in [0.2, 0.25) is 0 Å². The summed E-state index contributed by atoms with van der Waals surface area (Å²) < 4.78 is 0. The van der Waals surface area contributed by atoms with Gasteiger partial charge in [-0.2, -0.15) is 0 Å². The Labute approximate surface area is 143 Å². The van der Waals surface area contributed by atoms with Gasteiger partial charge in [-0.05, 0) is 11.8 Å². The van der Waals surface area contributed by atoms with E-state index in [9.17, 15) is 15.2 Å². The number of halogens is 2. The molecule has 0 saturated heterocycles. The Morgan fingerprint density at radius 3 is 2.38 bits per heavy atom. The standard InChI is InChI=1S/C13H18N2O3.2ClH.Zr/c1-5-13(2,3)11-7-10(15(17)18)6-9(8-14-4)12(11)16;;;/h6-8,16H,5H2,1-4H3;2*1H;/q;;;+2/p-2. The average molecular weight is 412 g/mol. The maximum absolute atomic E-state index is 10.9. The quantitative estimate of drug-likeness (QED) is 0.452. The van der Waals surface area contributed by atoms with E-state index in [0.717, 1.165) is 6.42 Å². The summed E-state index contributed by atoms with van der Waals surface area (Å²) in [5.41, 5.74) is 0.600. The number of aliphatic imine (C=N–C) groups is 1. The summed E-state index contributed by atoms with van der Waals surface area (Å²) in [6.07, 6.45) is 2.20. The summed E-state index contributed by atoms with van der Waals surface area (Å²) in [5.74, 6) is 0.0676. The van der Waals surface area contributed by atoms with Crippen LogP contribution in [0.15, 0.2) is 17.1 Å². The summed E-state index contributed by atoms with van der Waals surface area (Å²) in [6.45, 7) is 5.86. The van der Waals surface area contributed by atoms with Crippen molar-refractivity contribution in [1.82, 2.24) is 0 Å². The summed E-state index contributed by atoms with van der Waals surface area (Å²) in [6, 6.07) is 2.77. The van der Waals surface area contributed by atoms with Gasteiger partial charge in [-0.3, -0.25) is 15.1 Å². The molecule has 0 fully saturated rings. The van der Waals surface area contributed by atoms with Crippen molar-refractivity contribution in [3.63, 3.8) is 0 Å². The molecule has 0 saturated carbocycles. The molecule has 0 bridgehead atoms. The van der Waals surface area contributed by atoms with Crippen LogP contribution in [0.2, 0.25) is 0 Å². The monoisotopic (exact) mass is 410 g/mol. The number of nitrogens with zero attached hydrogens (tertiary/aromatic N) is 2. The van der Waals surface area contributed by atoms with Crippen LogP contribution in [0.4, 0.5) is 5.69 Å². The van der Waals surface area contributed by atoms with Crippen LogP contribution in [-0.4, -0.2) is 23.3 Å². The fourth-order valence-corrected chi connectivity index (χ4v) is 1.69. The average Bonchev–Trinajstić information content (AvgIpc) is 2.41. The van der Waals surface area contributed by atoms with Crippen LogP contribution in [0.1, 0.15) is 38.3 Å². The summed E-state index contributed by atoms with van der Waals surface area (Å²) in [5, 5.41) is 21.1. The molecule has 0 aliphatic heterocycles. The molecule has 21 heavy (non-hydrogen) atoms. The van der Waals surface area contributed by atoms with Crippen molar-refractivity contribution in [1.29, 1.82) is 0 Å². The number of benzene rings is 1. The molecule has 1 N–H and O–H groups in total. The molecule has 0 aromatic heterocycles. The number of non-ortho nitro benzene ring substituents is 1. The molecule has 0 aliphatic rings. The molecule has 1 aromatic carbocycles. The SMILES string of the molecule is CCC(C)(C)c1cc([N+](=O)[O-])cc(C=NC)c1O.[Cl][Zr][Cl]. The van der Waals surface area contributed by atoms with E-state index in [1.807, 2.05) is 20.8 Å². The van der Waals surface area contributed by atoms with Crippen molar-refractivity contribution in [2.45, 2.75) is 32.6 Å². The Bertz CT molecular complexity index is 522. The third-order valence-corrected chi connectivity index (χ3v) is 3.22. The van der Waals surface area contributed by atoms with Crippen molar-refractivity contribution in [2.24, 2.45) is 4.99 Å². The van der Waals surface area contributed by atoms with Gasteiger partial charge in [-0.15, -0.1) is 0 Å². The fraction of sp³-hybridized carbons (Fsp3) is 0.462. The second-order valence-corrected chi connectivity index (χ2v) is 8.62. The van der Waals surface area contributed by atoms with Crippen LogP contribution >= 0.6 is 17.0 Å². The number of nitro groups is 1. The molecule has 0 spiro atoms. The molecular formula is C13H18Cl2N2O3Zr. The molecule has 0 atom stereocenters. The fourth-order valence-electron chi connectivity index (χ4n) is 1.69. The van der Waals surface area contributed by atoms with E-state index in [1.54, 1.807) is 7.05 Å². The zero-order valence-electron chi connectivity index (χ0n) is 12.4. The van der Waals surface area contributed by atoms with E-state index < -0.39 is 25.8 Å². The second kappa shape index (κ2) is 9.55. The van der Waals surface area contributed by atoms with Gasteiger partial charge in [0, 0.05) is 36.5 Å². The second-order valence-electron chi connectivity index (χ2n) is 4.88. The predicted octanol–water partition coefficient (Wildman–Crippen LogP) is 4.41. The van der Waals surface area contributed by atoms with Crippen molar-refractivity contribution in [3.05, 3.63) is 33.4 Å². The van der Waals surface area contributed by atoms with Crippen LogP contribution in [0.3, 0.4) is 0 Å². The summed E-state index contributed by atoms with van der Waals surface area (Å²) in [4.78, 5) is 14.3. The first-order valence-corrected chi connectivity index (χ1v) is 12.5. The van der Waals surface area contributed by atoms with E-state index in [-0.39, 0.29) is 16.9 Å².